The van der Waals surface area contributed by atoms with E-state index in [4.69, 9.17) is 9.47 Å². The molecule has 8 aromatic rings. The van der Waals surface area contributed by atoms with E-state index in [9.17, 15) is 48.3 Å². The van der Waals surface area contributed by atoms with Gasteiger partial charge in [-0.25, -0.2) is 29.1 Å². The second-order valence-corrected chi connectivity index (χ2v) is 19.4. The van der Waals surface area contributed by atoms with Gasteiger partial charge < -0.3 is 61.8 Å². The number of aliphatic hydroxyl groups is 1. The molecule has 8 aromatic heterocycles. The number of aromatic amines is 1. The standard InChI is InChI=1S/C11H15NO3.C10H11N3O.C10H11NO3.C10H13NO2.C10H9NO2.C6H5NO.C4H6O3.C4H6O2.CH4.H4N2.H2O/c1-14-10-9(11(13)15-2)7-8-5-3-4-6-12(8)10;14-10-8-5-7-3-1-2-4-13(7)9(8)6-11-12-10;1-7(10(13)14-2)9(12)8-5-3-4-6-11-8;2*1-13-10(12)8-6-9-4-2-3-5-11(9)7-8;8-5-6-3-1-2-4-7-6;1-3(5)7-4(2)6;1-3-4(5)6-2;;1-2;/h7H,3-6H2,1-2H3;5-6H,1-4H2,(H,12,14);3-6,9,12H,1H2,2H3;6-7H,2-5H2,1H3;2-7H,1H3;1-5H;1-2H3;3H,1H2,2H3;1H4;1-2H2;1H2. The summed E-state index contributed by atoms with van der Waals surface area (Å²) in [7, 11) is 8.31. The highest BCUT2D eigenvalue weighted by molar-refractivity contribution is 5.93. The lowest BCUT2D eigenvalue weighted by Gasteiger charge is -2.16. The van der Waals surface area contributed by atoms with Gasteiger partial charge in [-0.2, -0.15) is 5.10 Å². The maximum Gasteiger partial charge on any atom is 0.343 e. The van der Waals surface area contributed by atoms with Gasteiger partial charge >= 0.3 is 41.8 Å². The molecule has 28 nitrogen and oxygen atoms in total. The molecule has 0 amide bonds. The molecule has 0 bridgehead atoms. The Kier molecular flexibility index (Phi) is 38.0. The summed E-state index contributed by atoms with van der Waals surface area (Å²) in [5.41, 5.74) is 8.21. The number of nitrogens with one attached hydrogen (secondary N) is 1. The zero-order valence-corrected chi connectivity index (χ0v) is 53.4. The predicted molar refractivity (Wildman–Crippen MR) is 349 cm³/mol. The summed E-state index contributed by atoms with van der Waals surface area (Å²) in [6.07, 6.45) is 21.5. The fraction of sp³-hybridized carbons (Fsp3) is 0.333. The molecule has 0 aromatic carbocycles. The molecule has 11 rings (SSSR count). The molecule has 11 heterocycles. The van der Waals surface area contributed by atoms with Crippen LogP contribution in [0.15, 0.2) is 146 Å². The minimum absolute atomic E-state index is 0. The SMILES string of the molecule is C.C=C(C(=O)OC)C(O)c1ccccn1.C=CC(=O)OC.CC(=O)OC(C)=O.COC(=O)c1cc2ccccn2c1.COC(=O)c1cc2n(c1)CCCC2.COC(=O)c1cc2n(c1OC)CCCC2.NN.O.O=Cc1ccccn1.O=c1[nH]ncc2c1cc1n2CCCC1. The molecule has 0 saturated carbocycles. The Morgan fingerprint density at radius 1 is 0.670 bits per heavy atom. The van der Waals surface area contributed by atoms with Crippen LogP contribution in [0.1, 0.15) is 130 Å². The Hall–Kier alpha value is -10.7. The lowest BCUT2D eigenvalue weighted by Crippen LogP contribution is -2.12. The van der Waals surface area contributed by atoms with Crippen molar-refractivity contribution >= 4 is 64.5 Å². The van der Waals surface area contributed by atoms with Gasteiger partial charge in [-0.1, -0.05) is 38.8 Å². The molecule has 3 aliphatic heterocycles. The van der Waals surface area contributed by atoms with Gasteiger partial charge in [0.15, 0.2) is 6.29 Å². The number of nitrogens with two attached hydrogens (primary N) is 2. The van der Waals surface area contributed by atoms with Gasteiger partial charge in [-0.15, -0.1) is 0 Å². The lowest BCUT2D eigenvalue weighted by molar-refractivity contribution is -0.156. The van der Waals surface area contributed by atoms with Crippen LogP contribution in [0.25, 0.3) is 16.4 Å². The fourth-order valence-corrected chi connectivity index (χ4v) is 9.05. The molecular weight excluding hydrogens is 1220 g/mol. The summed E-state index contributed by atoms with van der Waals surface area (Å²) >= 11 is 0. The number of aldehydes is 1. The van der Waals surface area contributed by atoms with Crippen molar-refractivity contribution < 1.29 is 82.1 Å². The summed E-state index contributed by atoms with van der Waals surface area (Å²) in [4.78, 5) is 103. The topological polar surface area (TPSA) is 396 Å². The first-order valence-corrected chi connectivity index (χ1v) is 28.6. The van der Waals surface area contributed by atoms with E-state index < -0.39 is 30.0 Å². The van der Waals surface area contributed by atoms with Crippen LogP contribution in [0.2, 0.25) is 0 Å². The van der Waals surface area contributed by atoms with Crippen molar-refractivity contribution in [1.82, 2.24) is 38.3 Å². The van der Waals surface area contributed by atoms with Crippen LogP contribution >= 0.6 is 0 Å². The number of hydrogen-bond acceptors (Lipinski definition) is 22. The zero-order chi connectivity index (χ0) is 68.1. The molecule has 508 valence electrons. The Bertz CT molecular complexity index is 3690. The number of carbonyl (C=O) groups is 8. The van der Waals surface area contributed by atoms with E-state index in [2.05, 4.69) is 82.4 Å². The van der Waals surface area contributed by atoms with Crippen molar-refractivity contribution in [2.75, 3.05) is 42.7 Å². The maximum atomic E-state index is 11.5. The highest BCUT2D eigenvalue weighted by Gasteiger charge is 2.24. The Morgan fingerprint density at radius 2 is 1.23 bits per heavy atom. The summed E-state index contributed by atoms with van der Waals surface area (Å²) in [5.74, 6) is 5.62. The van der Waals surface area contributed by atoms with Gasteiger partial charge in [-0.3, -0.25) is 40.8 Å². The van der Waals surface area contributed by atoms with Gasteiger partial charge in [0.25, 0.3) is 5.56 Å². The number of esters is 7. The number of methoxy groups -OCH3 is 6. The first-order valence-electron chi connectivity index (χ1n) is 28.6. The summed E-state index contributed by atoms with van der Waals surface area (Å²) in [5, 5.41) is 16.7. The number of ether oxygens (including phenoxy) is 7. The molecule has 1 unspecified atom stereocenters. The zero-order valence-electron chi connectivity index (χ0n) is 53.4. The van der Waals surface area contributed by atoms with E-state index in [1.54, 1.807) is 68.2 Å². The van der Waals surface area contributed by atoms with Crippen molar-refractivity contribution in [2.45, 2.75) is 105 Å². The number of carbonyl (C=O) groups excluding carboxylic acids is 8. The number of pyridine rings is 3. The van der Waals surface area contributed by atoms with Crippen molar-refractivity contribution in [1.29, 1.82) is 0 Å². The highest BCUT2D eigenvalue weighted by atomic mass is 16.6. The van der Waals surface area contributed by atoms with Gasteiger partial charge in [-0.05, 0) is 118 Å². The van der Waals surface area contributed by atoms with Crippen LogP contribution in [0.3, 0.4) is 0 Å². The quantitative estimate of drug-likeness (QED) is 0.0219. The summed E-state index contributed by atoms with van der Waals surface area (Å²) < 4.78 is 40.1. The number of nitrogens with zero attached hydrogens (tertiary/aromatic N) is 7. The van der Waals surface area contributed by atoms with Crippen molar-refractivity contribution in [2.24, 2.45) is 11.7 Å². The van der Waals surface area contributed by atoms with E-state index in [0.717, 1.165) is 74.1 Å². The molecule has 8 N–H and O–H groups in total. The Morgan fingerprint density at radius 3 is 1.71 bits per heavy atom. The van der Waals surface area contributed by atoms with E-state index in [1.165, 1.54) is 105 Å². The minimum atomic E-state index is -1.11. The second kappa shape index (κ2) is 43.9. The third-order valence-corrected chi connectivity index (χ3v) is 13.3. The van der Waals surface area contributed by atoms with Crippen LogP contribution in [-0.2, 0) is 86.5 Å². The minimum Gasteiger partial charge on any atom is -0.482 e. The van der Waals surface area contributed by atoms with Crippen LogP contribution in [0, 0.1) is 0 Å². The third kappa shape index (κ3) is 25.5. The van der Waals surface area contributed by atoms with Gasteiger partial charge in [0.05, 0.1) is 82.2 Å². The van der Waals surface area contributed by atoms with Gasteiger partial charge in [0, 0.05) is 93.1 Å². The number of aromatic nitrogens is 8. The lowest BCUT2D eigenvalue weighted by atomic mass is 10.1. The van der Waals surface area contributed by atoms with E-state index in [0.29, 0.717) is 34.0 Å². The van der Waals surface area contributed by atoms with Gasteiger partial charge in [0.2, 0.25) is 5.88 Å². The number of fused-ring (bicyclic) bond motifs is 6. The van der Waals surface area contributed by atoms with Crippen molar-refractivity contribution in [3.05, 3.63) is 196 Å². The molecule has 0 aliphatic carbocycles. The smallest absolute Gasteiger partial charge is 0.343 e. The fourth-order valence-electron chi connectivity index (χ4n) is 9.05. The van der Waals surface area contributed by atoms with Crippen LogP contribution in [-0.4, -0.2) is 140 Å². The highest BCUT2D eigenvalue weighted by Crippen LogP contribution is 2.29. The molecule has 0 radical (unpaired) electrons. The summed E-state index contributed by atoms with van der Waals surface area (Å²) in [6, 6.07) is 23.6. The molecule has 28 heteroatoms. The van der Waals surface area contributed by atoms with Crippen LogP contribution in [0.4, 0.5) is 0 Å². The normalized spacial score (nSPS) is 11.7. The van der Waals surface area contributed by atoms with E-state index >= 15 is 0 Å². The number of hydrazine groups is 1. The molecular formula is C66H86N10O18. The Labute approximate surface area is 544 Å². The monoisotopic (exact) mass is 1310 g/mol. The van der Waals surface area contributed by atoms with Crippen LogP contribution in [0.5, 0.6) is 5.88 Å². The molecule has 3 aliphatic rings. The van der Waals surface area contributed by atoms with Crippen molar-refractivity contribution in [3.8, 4) is 5.88 Å². The number of aryl methyl sites for hydroxylation is 5. The van der Waals surface area contributed by atoms with Crippen LogP contribution < -0.4 is 22.0 Å². The molecule has 0 fully saturated rings. The summed E-state index contributed by atoms with van der Waals surface area (Å²) in [6.45, 7) is 11.9. The van der Waals surface area contributed by atoms with Crippen molar-refractivity contribution in [3.63, 3.8) is 0 Å². The molecule has 94 heavy (non-hydrogen) atoms. The van der Waals surface area contributed by atoms with Gasteiger partial charge in [0.1, 0.15) is 17.4 Å². The van der Waals surface area contributed by atoms with E-state index in [1.807, 2.05) is 53.2 Å². The predicted octanol–water partition coefficient (Wildman–Crippen LogP) is 6.83. The molecule has 1 atom stereocenters. The largest absolute Gasteiger partial charge is 0.482 e. The average molecular weight is 1310 g/mol. The number of aliphatic hydroxyl groups excluding tert-OH is 1. The number of H-pyrrole nitrogens is 1. The Balaban J connectivity index is 0.000000542. The maximum absolute atomic E-state index is 11.5. The number of hydrogen-bond donors (Lipinski definition) is 4. The third-order valence-electron chi connectivity index (χ3n) is 13.3. The second-order valence-electron chi connectivity index (χ2n) is 19.4. The first kappa shape index (κ1) is 81.3. The van der Waals surface area contributed by atoms with E-state index in [-0.39, 0.29) is 41.9 Å². The first-order chi connectivity index (χ1) is 44.3. The molecule has 0 spiro atoms. The molecule has 0 saturated heterocycles. The average Bonchev–Trinajstić information content (AvgIpc) is 1.67. The number of rotatable bonds is 9.